The zero-order valence-electron chi connectivity index (χ0n) is 20.9. The highest BCUT2D eigenvalue weighted by atomic mass is 35.5. The first-order chi connectivity index (χ1) is 16.1. The molecule has 192 valence electrons. The van der Waals surface area contributed by atoms with Gasteiger partial charge in [-0.15, -0.1) is 0 Å². The summed E-state index contributed by atoms with van der Waals surface area (Å²) < 4.78 is 11.8. The van der Waals surface area contributed by atoms with E-state index in [4.69, 9.17) is 55.9 Å². The minimum Gasteiger partial charge on any atom is -0.488 e. The Kier molecular flexibility index (Phi) is 7.10. The lowest BCUT2D eigenvalue weighted by atomic mass is 9.72. The molecular formula is C27H32Cl4O4. The lowest BCUT2D eigenvalue weighted by molar-refractivity contribution is 0.122. The zero-order valence-corrected chi connectivity index (χ0v) is 23.9. The number of rotatable bonds is 6. The minimum atomic E-state index is -0.669. The number of hydrogen-bond donors (Lipinski definition) is 2. The van der Waals surface area contributed by atoms with E-state index in [-0.39, 0.29) is 24.0 Å². The fourth-order valence-electron chi connectivity index (χ4n) is 6.12. The first-order valence-electron chi connectivity index (χ1n) is 11.8. The molecule has 2 atom stereocenters. The van der Waals surface area contributed by atoms with E-state index in [1.165, 1.54) is 0 Å². The van der Waals surface area contributed by atoms with Crippen LogP contribution in [0.15, 0.2) is 12.1 Å². The topological polar surface area (TPSA) is 58.9 Å². The largest absolute Gasteiger partial charge is 0.488 e. The third kappa shape index (κ3) is 4.43. The molecule has 35 heavy (non-hydrogen) atoms. The van der Waals surface area contributed by atoms with Crippen molar-refractivity contribution in [1.82, 2.24) is 0 Å². The SMILES string of the molecule is CC(O)COc1c(Cl)cc2c(c1Cl)C1(CC2(C)C)CC(C)(C)c2cc(Cl)c(OCC(C)O)c(Cl)c21. The van der Waals surface area contributed by atoms with Crippen LogP contribution in [0.25, 0.3) is 0 Å². The predicted octanol–water partition coefficient (Wildman–Crippen LogP) is 7.47. The van der Waals surface area contributed by atoms with Crippen LogP contribution in [0.2, 0.25) is 20.1 Å². The molecule has 2 aromatic rings. The maximum absolute atomic E-state index is 9.79. The second kappa shape index (κ2) is 9.15. The predicted molar refractivity (Wildman–Crippen MR) is 143 cm³/mol. The van der Waals surface area contributed by atoms with Gasteiger partial charge in [0.25, 0.3) is 0 Å². The lowest BCUT2D eigenvalue weighted by Gasteiger charge is -2.32. The molecule has 0 bridgehead atoms. The van der Waals surface area contributed by atoms with E-state index in [1.807, 2.05) is 12.1 Å². The number of aliphatic hydroxyl groups excluding tert-OH is 2. The molecule has 4 rings (SSSR count). The van der Waals surface area contributed by atoms with Gasteiger partial charge in [0.05, 0.1) is 32.3 Å². The highest BCUT2D eigenvalue weighted by molar-refractivity contribution is 6.39. The Labute approximate surface area is 227 Å². The smallest absolute Gasteiger partial charge is 0.156 e. The van der Waals surface area contributed by atoms with E-state index in [1.54, 1.807) is 13.8 Å². The molecular weight excluding hydrogens is 530 g/mol. The van der Waals surface area contributed by atoms with E-state index < -0.39 is 17.6 Å². The number of ether oxygens (including phenoxy) is 2. The van der Waals surface area contributed by atoms with Crippen molar-refractivity contribution in [3.63, 3.8) is 0 Å². The Bertz CT molecular complexity index is 1080. The van der Waals surface area contributed by atoms with Gasteiger partial charge >= 0.3 is 0 Å². The third-order valence-corrected chi connectivity index (χ3v) is 8.48. The number of fused-ring (bicyclic) bond motifs is 4. The van der Waals surface area contributed by atoms with Crippen molar-refractivity contribution >= 4 is 46.4 Å². The van der Waals surface area contributed by atoms with Crippen molar-refractivity contribution in [3.05, 3.63) is 54.5 Å². The highest BCUT2D eigenvalue weighted by Gasteiger charge is 2.59. The van der Waals surface area contributed by atoms with Gasteiger partial charge in [0, 0.05) is 5.41 Å². The van der Waals surface area contributed by atoms with E-state index in [9.17, 15) is 10.2 Å². The van der Waals surface area contributed by atoms with Gasteiger partial charge in [-0.2, -0.15) is 0 Å². The fourth-order valence-corrected chi connectivity index (χ4v) is 7.61. The summed E-state index contributed by atoms with van der Waals surface area (Å²) in [4.78, 5) is 0. The van der Waals surface area contributed by atoms with Crippen molar-refractivity contribution in [1.29, 1.82) is 0 Å². The summed E-state index contributed by atoms with van der Waals surface area (Å²) in [6, 6.07) is 3.88. The van der Waals surface area contributed by atoms with Crippen LogP contribution in [-0.2, 0) is 16.2 Å². The molecule has 8 heteroatoms. The maximum atomic E-state index is 9.79. The van der Waals surface area contributed by atoms with Crippen molar-refractivity contribution in [2.24, 2.45) is 0 Å². The Hall–Kier alpha value is -0.880. The van der Waals surface area contributed by atoms with E-state index in [0.717, 1.165) is 35.1 Å². The molecule has 2 aliphatic carbocycles. The van der Waals surface area contributed by atoms with Crippen LogP contribution in [0.3, 0.4) is 0 Å². The summed E-state index contributed by atoms with van der Waals surface area (Å²) >= 11 is 27.5. The average Bonchev–Trinajstić information content (AvgIpc) is 3.05. The highest BCUT2D eigenvalue weighted by Crippen LogP contribution is 2.67. The number of benzene rings is 2. The summed E-state index contributed by atoms with van der Waals surface area (Å²) in [6.07, 6.45) is 0.187. The van der Waals surface area contributed by atoms with Crippen molar-refractivity contribution in [2.75, 3.05) is 13.2 Å². The molecule has 2 aromatic carbocycles. The Morgan fingerprint density at radius 2 is 1.09 bits per heavy atom. The first-order valence-corrected chi connectivity index (χ1v) is 13.3. The summed E-state index contributed by atoms with van der Waals surface area (Å²) in [5.74, 6) is 0.735. The van der Waals surface area contributed by atoms with Crippen molar-refractivity contribution in [2.45, 2.75) is 82.8 Å². The molecule has 4 nitrogen and oxygen atoms in total. The van der Waals surface area contributed by atoms with Crippen LogP contribution in [0, 0.1) is 0 Å². The normalized spacial score (nSPS) is 23.2. The minimum absolute atomic E-state index is 0.0738. The first kappa shape index (κ1) is 27.2. The van der Waals surface area contributed by atoms with Crippen LogP contribution >= 0.6 is 46.4 Å². The van der Waals surface area contributed by atoms with Gasteiger partial charge < -0.3 is 19.7 Å². The molecule has 2 aliphatic rings. The summed E-state index contributed by atoms with van der Waals surface area (Å²) in [5.41, 5.74) is 3.00. The molecule has 2 unspecified atom stereocenters. The van der Waals surface area contributed by atoms with Crippen LogP contribution in [-0.4, -0.2) is 35.6 Å². The lowest BCUT2D eigenvalue weighted by Crippen LogP contribution is -2.27. The quantitative estimate of drug-likeness (QED) is 0.384. The Balaban J connectivity index is 2.01. The second-order valence-corrected chi connectivity index (χ2v) is 12.9. The van der Waals surface area contributed by atoms with Gasteiger partial charge in [-0.3, -0.25) is 0 Å². The second-order valence-electron chi connectivity index (χ2n) is 11.4. The molecule has 0 fully saturated rings. The van der Waals surface area contributed by atoms with Gasteiger partial charge in [-0.25, -0.2) is 0 Å². The van der Waals surface area contributed by atoms with Crippen molar-refractivity contribution < 1.29 is 19.7 Å². The molecule has 0 aliphatic heterocycles. The summed E-state index contributed by atoms with van der Waals surface area (Å²) in [6.45, 7) is 12.2. The van der Waals surface area contributed by atoms with Crippen LogP contribution < -0.4 is 9.47 Å². The molecule has 0 amide bonds. The third-order valence-electron chi connectivity index (χ3n) is 7.19. The summed E-state index contributed by atoms with van der Waals surface area (Å²) in [7, 11) is 0. The molecule has 2 N–H and O–H groups in total. The number of halogens is 4. The van der Waals surface area contributed by atoms with Gasteiger partial charge in [-0.1, -0.05) is 74.1 Å². The van der Waals surface area contributed by atoms with Crippen LogP contribution in [0.4, 0.5) is 0 Å². The van der Waals surface area contributed by atoms with Gasteiger partial charge in [0.15, 0.2) is 11.5 Å². The summed E-state index contributed by atoms with van der Waals surface area (Å²) in [5, 5.41) is 21.3. The molecule has 0 saturated heterocycles. The molecule has 0 heterocycles. The van der Waals surface area contributed by atoms with Crippen LogP contribution in [0.1, 0.15) is 76.6 Å². The van der Waals surface area contributed by atoms with E-state index in [0.29, 0.717) is 31.6 Å². The molecule has 0 radical (unpaired) electrons. The Morgan fingerprint density at radius 1 is 0.743 bits per heavy atom. The zero-order chi connectivity index (χ0) is 26.1. The molecule has 0 aromatic heterocycles. The van der Waals surface area contributed by atoms with E-state index in [2.05, 4.69) is 27.7 Å². The maximum Gasteiger partial charge on any atom is 0.156 e. The van der Waals surface area contributed by atoms with Crippen molar-refractivity contribution in [3.8, 4) is 11.5 Å². The monoisotopic (exact) mass is 560 g/mol. The standard InChI is InChI=1S/C27H32Cl4O4/c1-13(32)9-34-23-17(28)7-15-19(21(23)30)27(11-25(15,3)4)12-26(5,6)16-8-18(29)24(22(31)20(16)27)35-10-14(2)33/h7-8,13-14,32-33H,9-12H2,1-6H3. The average molecular weight is 562 g/mol. The number of aliphatic hydroxyl groups is 2. The van der Waals surface area contributed by atoms with Gasteiger partial charge in [0.2, 0.25) is 0 Å². The van der Waals surface area contributed by atoms with Gasteiger partial charge in [0.1, 0.15) is 13.2 Å². The molecule has 0 saturated carbocycles. The number of hydrogen-bond acceptors (Lipinski definition) is 4. The van der Waals surface area contributed by atoms with Gasteiger partial charge in [-0.05, 0) is 71.9 Å². The van der Waals surface area contributed by atoms with E-state index >= 15 is 0 Å². The van der Waals surface area contributed by atoms with Crippen LogP contribution in [0.5, 0.6) is 11.5 Å². The fraction of sp³-hybridized carbons (Fsp3) is 0.556. The molecule has 1 spiro atoms. The Morgan fingerprint density at radius 3 is 1.40 bits per heavy atom.